The lowest BCUT2D eigenvalue weighted by Gasteiger charge is -2.63. The Hall–Kier alpha value is -1.04. The number of hydrogen-bond acceptors (Lipinski definition) is 6. The fraction of sp³-hybridized carbons (Fsp3) is 0.767. The number of primary sulfonamides is 1. The summed E-state index contributed by atoms with van der Waals surface area (Å²) in [4.78, 5) is 12.8. The SMILES string of the molecule is C[C@H](CCC(=O)Nc1ccc(S(N)(=O)=O)c(Br)c1)[C@H]1CC[C@H]2[C@@H]3[C@H](O)C[C@@H]4C[C@H](O)CC[C@]4(C)[C@H]3C[C@H](O)[C@]12C. The van der Waals surface area contributed by atoms with Crippen LogP contribution in [0.1, 0.15) is 78.6 Å². The van der Waals surface area contributed by atoms with Gasteiger partial charge in [-0.2, -0.15) is 0 Å². The summed E-state index contributed by atoms with van der Waals surface area (Å²) in [6.07, 6.45) is 5.79. The Morgan fingerprint density at radius 3 is 2.52 bits per heavy atom. The molecule has 0 saturated heterocycles. The summed E-state index contributed by atoms with van der Waals surface area (Å²) in [5.74, 6) is 1.32. The second kappa shape index (κ2) is 10.9. The summed E-state index contributed by atoms with van der Waals surface area (Å²) in [7, 11) is -3.86. The molecule has 6 N–H and O–H groups in total. The molecule has 10 heteroatoms. The molecule has 5 rings (SSSR count). The first-order valence-corrected chi connectivity index (χ1v) is 17.2. The zero-order chi connectivity index (χ0) is 29.2. The van der Waals surface area contributed by atoms with Crippen LogP contribution in [0.5, 0.6) is 0 Å². The van der Waals surface area contributed by atoms with E-state index in [1.54, 1.807) is 0 Å². The van der Waals surface area contributed by atoms with E-state index >= 15 is 0 Å². The molecule has 4 saturated carbocycles. The molecule has 11 atom stereocenters. The highest BCUT2D eigenvalue weighted by Gasteiger charge is 2.65. The van der Waals surface area contributed by atoms with Gasteiger partial charge < -0.3 is 20.6 Å². The third-order valence-corrected chi connectivity index (χ3v) is 13.8. The van der Waals surface area contributed by atoms with E-state index in [1.807, 2.05) is 0 Å². The minimum absolute atomic E-state index is 0.0369. The maximum absolute atomic E-state index is 12.8. The summed E-state index contributed by atoms with van der Waals surface area (Å²) in [5, 5.41) is 41.6. The van der Waals surface area contributed by atoms with E-state index in [4.69, 9.17) is 5.14 Å². The van der Waals surface area contributed by atoms with E-state index in [9.17, 15) is 28.5 Å². The maximum Gasteiger partial charge on any atom is 0.239 e. The number of carbonyl (C=O) groups is 1. The molecule has 40 heavy (non-hydrogen) atoms. The van der Waals surface area contributed by atoms with E-state index in [2.05, 4.69) is 42.0 Å². The van der Waals surface area contributed by atoms with Gasteiger partial charge in [-0.25, -0.2) is 13.6 Å². The molecular weight excluding hydrogens is 596 g/mol. The molecule has 0 bridgehead atoms. The molecule has 0 aromatic heterocycles. The van der Waals surface area contributed by atoms with Gasteiger partial charge in [0.15, 0.2) is 0 Å². The minimum atomic E-state index is -3.86. The van der Waals surface area contributed by atoms with Gasteiger partial charge in [0.2, 0.25) is 15.9 Å². The number of sulfonamides is 1. The highest BCUT2D eigenvalue weighted by molar-refractivity contribution is 9.10. The number of carbonyl (C=O) groups excluding carboxylic acids is 1. The number of fused-ring (bicyclic) bond motifs is 5. The third kappa shape index (κ3) is 5.19. The van der Waals surface area contributed by atoms with Crippen molar-refractivity contribution in [2.24, 2.45) is 51.5 Å². The number of halogens is 1. The second-order valence-corrected chi connectivity index (χ2v) is 16.2. The molecule has 1 aromatic carbocycles. The van der Waals surface area contributed by atoms with Crippen molar-refractivity contribution in [3.63, 3.8) is 0 Å². The van der Waals surface area contributed by atoms with Crippen molar-refractivity contribution >= 4 is 37.5 Å². The molecule has 4 aliphatic rings. The molecule has 1 amide bonds. The number of anilines is 1. The zero-order valence-corrected chi connectivity index (χ0v) is 26.1. The van der Waals surface area contributed by atoms with Crippen molar-refractivity contribution < 1.29 is 28.5 Å². The van der Waals surface area contributed by atoms with Crippen LogP contribution in [0.2, 0.25) is 0 Å². The molecule has 0 aliphatic heterocycles. The highest BCUT2D eigenvalue weighted by Crippen LogP contribution is 2.68. The van der Waals surface area contributed by atoms with Gasteiger partial charge in [0.25, 0.3) is 0 Å². The van der Waals surface area contributed by atoms with E-state index in [-0.39, 0.29) is 57.3 Å². The Labute approximate surface area is 246 Å². The smallest absolute Gasteiger partial charge is 0.239 e. The highest BCUT2D eigenvalue weighted by atomic mass is 79.9. The van der Waals surface area contributed by atoms with Crippen LogP contribution in [-0.2, 0) is 14.8 Å². The molecule has 0 heterocycles. The van der Waals surface area contributed by atoms with Crippen molar-refractivity contribution in [3.05, 3.63) is 22.7 Å². The standard InChI is InChI=1S/C30H45BrN2O6S/c1-16(4-9-27(37)33-18-5-8-25(23(31)14-18)40(32,38)39)20-6-7-21-28-22(15-26(36)30(20,21)3)29(2)11-10-19(34)12-17(29)13-24(28)35/h5,8,14,16-17,19-22,24,26,28,34-36H,4,6-7,9-13,15H2,1-3H3,(H,33,37)(H2,32,38,39)/t16-,17+,19-,20-,21+,22+,24-,26+,28+,29+,30-/m1/s1. The normalized spacial score (nSPS) is 41.9. The zero-order valence-electron chi connectivity index (χ0n) is 23.7. The van der Waals surface area contributed by atoms with Gasteiger partial charge in [0.1, 0.15) is 0 Å². The Bertz CT molecular complexity index is 1240. The minimum Gasteiger partial charge on any atom is -0.393 e. The number of nitrogens with one attached hydrogen (secondary N) is 1. The molecular formula is C30H45BrN2O6S. The largest absolute Gasteiger partial charge is 0.393 e. The van der Waals surface area contributed by atoms with Crippen molar-refractivity contribution in [3.8, 4) is 0 Å². The molecule has 8 nitrogen and oxygen atoms in total. The van der Waals surface area contributed by atoms with Crippen LogP contribution in [0.15, 0.2) is 27.6 Å². The van der Waals surface area contributed by atoms with Crippen molar-refractivity contribution in [1.29, 1.82) is 0 Å². The number of amides is 1. The van der Waals surface area contributed by atoms with E-state index < -0.39 is 22.2 Å². The lowest BCUT2D eigenvalue weighted by Crippen LogP contribution is -2.62. The van der Waals surface area contributed by atoms with Gasteiger partial charge >= 0.3 is 0 Å². The fourth-order valence-electron chi connectivity index (χ4n) is 9.72. The first-order valence-electron chi connectivity index (χ1n) is 14.8. The average Bonchev–Trinajstić information content (AvgIpc) is 3.22. The summed E-state index contributed by atoms with van der Waals surface area (Å²) in [5.41, 5.74) is 0.241. The van der Waals surface area contributed by atoms with Crippen molar-refractivity contribution in [2.45, 2.75) is 102 Å². The van der Waals surface area contributed by atoms with E-state index in [0.717, 1.165) is 38.5 Å². The Morgan fingerprint density at radius 2 is 1.85 bits per heavy atom. The summed E-state index contributed by atoms with van der Waals surface area (Å²) >= 11 is 3.21. The Balaban J connectivity index is 1.25. The maximum atomic E-state index is 12.8. The topological polar surface area (TPSA) is 150 Å². The molecule has 0 spiro atoms. The van der Waals surface area contributed by atoms with E-state index in [1.165, 1.54) is 18.2 Å². The number of hydrogen-bond donors (Lipinski definition) is 5. The fourth-order valence-corrected chi connectivity index (χ4v) is 11.4. The van der Waals surface area contributed by atoms with Crippen LogP contribution in [0.25, 0.3) is 0 Å². The van der Waals surface area contributed by atoms with Gasteiger partial charge in [0.05, 0.1) is 23.2 Å². The number of aliphatic hydroxyl groups is 3. The number of aliphatic hydroxyl groups excluding tert-OH is 3. The van der Waals surface area contributed by atoms with Gasteiger partial charge in [0, 0.05) is 16.6 Å². The van der Waals surface area contributed by atoms with Gasteiger partial charge in [-0.1, -0.05) is 20.8 Å². The first-order chi connectivity index (χ1) is 18.7. The molecule has 4 aliphatic carbocycles. The van der Waals surface area contributed by atoms with Crippen molar-refractivity contribution in [1.82, 2.24) is 0 Å². The summed E-state index contributed by atoms with van der Waals surface area (Å²) in [6.45, 7) is 6.75. The predicted octanol–water partition coefficient (Wildman–Crippen LogP) is 4.41. The average molecular weight is 642 g/mol. The van der Waals surface area contributed by atoms with Crippen molar-refractivity contribution in [2.75, 3.05) is 5.32 Å². The molecule has 1 aromatic rings. The lowest BCUT2D eigenvalue weighted by atomic mass is 9.43. The lowest BCUT2D eigenvalue weighted by molar-refractivity contribution is -0.207. The van der Waals surface area contributed by atoms with Crippen LogP contribution in [0.4, 0.5) is 5.69 Å². The predicted molar refractivity (Wildman–Crippen MR) is 157 cm³/mol. The summed E-state index contributed by atoms with van der Waals surface area (Å²) < 4.78 is 23.6. The monoisotopic (exact) mass is 640 g/mol. The first kappa shape index (κ1) is 30.4. The number of rotatable bonds is 6. The molecule has 224 valence electrons. The van der Waals surface area contributed by atoms with Gasteiger partial charge in [-0.3, -0.25) is 4.79 Å². The van der Waals surface area contributed by atoms with Gasteiger partial charge in [-0.05, 0) is 132 Å². The van der Waals surface area contributed by atoms with Crippen LogP contribution >= 0.6 is 15.9 Å². The second-order valence-electron chi connectivity index (χ2n) is 13.8. The van der Waals surface area contributed by atoms with Crippen LogP contribution in [0, 0.1) is 46.3 Å². The Kier molecular flexibility index (Phi) is 8.29. The Morgan fingerprint density at radius 1 is 1.12 bits per heavy atom. The number of benzene rings is 1. The van der Waals surface area contributed by atoms with Crippen LogP contribution in [0.3, 0.4) is 0 Å². The molecule has 0 radical (unpaired) electrons. The van der Waals surface area contributed by atoms with Crippen LogP contribution < -0.4 is 10.5 Å². The molecule has 0 unspecified atom stereocenters. The third-order valence-electron chi connectivity index (χ3n) is 11.9. The van der Waals surface area contributed by atoms with Gasteiger partial charge in [-0.15, -0.1) is 0 Å². The summed E-state index contributed by atoms with van der Waals surface area (Å²) in [6, 6.07) is 4.43. The van der Waals surface area contributed by atoms with E-state index in [0.29, 0.717) is 35.3 Å². The molecule has 4 fully saturated rings. The van der Waals surface area contributed by atoms with Crippen LogP contribution in [-0.4, -0.2) is 48.0 Å². The quantitative estimate of drug-likeness (QED) is 0.311. The number of nitrogens with two attached hydrogens (primary N) is 1.